The number of anilines is 2. The van der Waals surface area contributed by atoms with Crippen molar-refractivity contribution in [2.24, 2.45) is 16.0 Å². The standard InChI is InChI=1S/C15H15N7O4S2/c16-9-13(15(17)18)21-20-12-3-1-2-4-14(12)28(25,26)22-10-5-7-11(8-6-10)27(19,23)24/h1-8,20,22H,(H3,17,18)(H2,19,23,24)/b21-13+. The fourth-order valence-corrected chi connectivity index (χ4v) is 3.71. The summed E-state index contributed by atoms with van der Waals surface area (Å²) in [7, 11) is -8.00. The van der Waals surface area contributed by atoms with E-state index >= 15 is 0 Å². The van der Waals surface area contributed by atoms with E-state index in [4.69, 9.17) is 21.5 Å². The minimum Gasteiger partial charge on any atom is -0.382 e. The first-order valence-electron chi connectivity index (χ1n) is 7.37. The van der Waals surface area contributed by atoms with E-state index in [2.05, 4.69) is 15.2 Å². The van der Waals surface area contributed by atoms with E-state index in [0.717, 1.165) is 12.1 Å². The molecule has 0 aliphatic heterocycles. The molecule has 0 bridgehead atoms. The zero-order chi connectivity index (χ0) is 20.9. The SMILES string of the molecule is N#C/C(=N\Nc1ccccc1S(=O)(=O)Nc1ccc(S(N)(=O)=O)cc1)C(=N)N. The highest BCUT2D eigenvalue weighted by atomic mass is 32.2. The molecule has 7 N–H and O–H groups in total. The van der Waals surface area contributed by atoms with Crippen LogP contribution in [0.1, 0.15) is 0 Å². The number of nitriles is 1. The van der Waals surface area contributed by atoms with Gasteiger partial charge in [-0.05, 0) is 36.4 Å². The highest BCUT2D eigenvalue weighted by Crippen LogP contribution is 2.24. The Morgan fingerprint density at radius 1 is 1.07 bits per heavy atom. The van der Waals surface area contributed by atoms with Crippen molar-refractivity contribution >= 4 is 43.0 Å². The van der Waals surface area contributed by atoms with Crippen LogP contribution in [0.2, 0.25) is 0 Å². The number of hydrogen-bond acceptors (Lipinski definition) is 8. The Kier molecular flexibility index (Phi) is 5.99. The lowest BCUT2D eigenvalue weighted by Crippen LogP contribution is -2.22. The second kappa shape index (κ2) is 8.05. The van der Waals surface area contributed by atoms with Crippen molar-refractivity contribution in [2.45, 2.75) is 9.79 Å². The Bertz CT molecular complexity index is 1180. The van der Waals surface area contributed by atoms with Gasteiger partial charge >= 0.3 is 0 Å². The smallest absolute Gasteiger partial charge is 0.264 e. The van der Waals surface area contributed by atoms with Gasteiger partial charge in [0.2, 0.25) is 15.7 Å². The average molecular weight is 421 g/mol. The van der Waals surface area contributed by atoms with Gasteiger partial charge in [0.15, 0.2) is 5.84 Å². The molecule has 0 heterocycles. The molecule has 0 saturated carbocycles. The number of sulfonamides is 2. The second-order valence-corrected chi connectivity index (χ2v) is 8.48. The number of rotatable bonds is 7. The van der Waals surface area contributed by atoms with Crippen LogP contribution in [0.25, 0.3) is 0 Å². The maximum atomic E-state index is 12.7. The fraction of sp³-hybridized carbons (Fsp3) is 0. The number of amidine groups is 1. The first-order valence-corrected chi connectivity index (χ1v) is 10.4. The van der Waals surface area contributed by atoms with Gasteiger partial charge in [-0.25, -0.2) is 22.0 Å². The molecule has 2 rings (SSSR count). The van der Waals surface area contributed by atoms with Crippen LogP contribution in [0.4, 0.5) is 11.4 Å². The summed E-state index contributed by atoms with van der Waals surface area (Å²) in [4.78, 5) is -0.366. The van der Waals surface area contributed by atoms with Crippen molar-refractivity contribution in [3.05, 3.63) is 48.5 Å². The molecule has 146 valence electrons. The lowest BCUT2D eigenvalue weighted by atomic mass is 10.3. The van der Waals surface area contributed by atoms with E-state index in [1.54, 1.807) is 6.07 Å². The molecule has 0 spiro atoms. The van der Waals surface area contributed by atoms with Crippen molar-refractivity contribution < 1.29 is 16.8 Å². The summed E-state index contributed by atoms with van der Waals surface area (Å²) in [5, 5.41) is 24.7. The minimum absolute atomic E-state index is 0.0326. The highest BCUT2D eigenvalue weighted by molar-refractivity contribution is 7.93. The lowest BCUT2D eigenvalue weighted by molar-refractivity contribution is 0.597. The van der Waals surface area contributed by atoms with Gasteiger partial charge in [0, 0.05) is 5.69 Å². The summed E-state index contributed by atoms with van der Waals surface area (Å²) in [6, 6.07) is 12.1. The lowest BCUT2D eigenvalue weighted by Gasteiger charge is -2.12. The third-order valence-corrected chi connectivity index (χ3v) is 5.63. The third-order valence-electron chi connectivity index (χ3n) is 3.26. The zero-order valence-electron chi connectivity index (χ0n) is 14.1. The molecule has 0 aromatic heterocycles. The van der Waals surface area contributed by atoms with E-state index < -0.39 is 31.6 Å². The van der Waals surface area contributed by atoms with Crippen molar-refractivity contribution in [2.75, 3.05) is 10.1 Å². The van der Waals surface area contributed by atoms with Crippen LogP contribution in [0.5, 0.6) is 0 Å². The van der Waals surface area contributed by atoms with Crippen molar-refractivity contribution in [1.82, 2.24) is 0 Å². The molecule has 11 nitrogen and oxygen atoms in total. The molecule has 0 saturated heterocycles. The number of nitrogens with one attached hydrogen (secondary N) is 3. The maximum absolute atomic E-state index is 12.7. The quantitative estimate of drug-likeness (QED) is 0.241. The van der Waals surface area contributed by atoms with Crippen LogP contribution in [0, 0.1) is 16.7 Å². The molecule has 0 amide bonds. The van der Waals surface area contributed by atoms with Crippen LogP contribution in [0.3, 0.4) is 0 Å². The number of primary sulfonamides is 1. The molecule has 0 aliphatic rings. The number of nitrogens with zero attached hydrogens (tertiary/aromatic N) is 2. The van der Waals surface area contributed by atoms with Crippen LogP contribution in [-0.2, 0) is 20.0 Å². The number of para-hydroxylation sites is 1. The Labute approximate surface area is 161 Å². The van der Waals surface area contributed by atoms with Gasteiger partial charge in [-0.15, -0.1) is 0 Å². The van der Waals surface area contributed by atoms with Gasteiger partial charge in [0.05, 0.1) is 10.6 Å². The molecule has 13 heteroatoms. The van der Waals surface area contributed by atoms with E-state index in [1.807, 2.05) is 0 Å². The third kappa shape index (κ3) is 5.04. The molecule has 28 heavy (non-hydrogen) atoms. The second-order valence-electron chi connectivity index (χ2n) is 5.27. The normalized spacial score (nSPS) is 12.1. The van der Waals surface area contributed by atoms with Gasteiger partial charge in [-0.1, -0.05) is 12.1 Å². The van der Waals surface area contributed by atoms with Gasteiger partial charge in [0.1, 0.15) is 11.0 Å². The molecular formula is C15H15N7O4S2. The Morgan fingerprint density at radius 3 is 2.21 bits per heavy atom. The average Bonchev–Trinajstić information content (AvgIpc) is 2.61. The van der Waals surface area contributed by atoms with Crippen LogP contribution < -0.4 is 21.0 Å². The van der Waals surface area contributed by atoms with Gasteiger partial charge < -0.3 is 5.73 Å². The van der Waals surface area contributed by atoms with Crippen LogP contribution in [0.15, 0.2) is 63.4 Å². The predicted octanol–water partition coefficient (Wildman–Crippen LogP) is 0.362. The molecular weight excluding hydrogens is 406 g/mol. The van der Waals surface area contributed by atoms with Crippen molar-refractivity contribution in [3.8, 4) is 6.07 Å². The van der Waals surface area contributed by atoms with Crippen molar-refractivity contribution in [3.63, 3.8) is 0 Å². The van der Waals surface area contributed by atoms with Crippen LogP contribution in [-0.4, -0.2) is 28.4 Å². The highest BCUT2D eigenvalue weighted by Gasteiger charge is 2.19. The molecule has 2 aromatic carbocycles. The van der Waals surface area contributed by atoms with Crippen LogP contribution >= 0.6 is 0 Å². The van der Waals surface area contributed by atoms with E-state index in [-0.39, 0.29) is 21.2 Å². The molecule has 0 aliphatic carbocycles. The number of hydrogen-bond donors (Lipinski definition) is 5. The topological polar surface area (TPSA) is 204 Å². The largest absolute Gasteiger partial charge is 0.382 e. The monoisotopic (exact) mass is 421 g/mol. The van der Waals surface area contributed by atoms with Gasteiger partial charge in [-0.2, -0.15) is 10.4 Å². The molecule has 2 aromatic rings. The Morgan fingerprint density at radius 2 is 1.68 bits per heavy atom. The van der Waals surface area contributed by atoms with Crippen molar-refractivity contribution in [1.29, 1.82) is 10.7 Å². The first kappa shape index (κ1) is 20.8. The summed E-state index contributed by atoms with van der Waals surface area (Å²) in [6.45, 7) is 0. The summed E-state index contributed by atoms with van der Waals surface area (Å²) in [5.41, 5.74) is 7.30. The summed E-state index contributed by atoms with van der Waals surface area (Å²) in [5.74, 6) is -0.580. The molecule has 0 unspecified atom stereocenters. The number of nitrogens with two attached hydrogens (primary N) is 2. The minimum atomic E-state index is -4.10. The summed E-state index contributed by atoms with van der Waals surface area (Å²) < 4.78 is 50.2. The fourth-order valence-electron chi connectivity index (χ4n) is 1.98. The Hall–Kier alpha value is -3.47. The van der Waals surface area contributed by atoms with E-state index in [0.29, 0.717) is 0 Å². The van der Waals surface area contributed by atoms with E-state index in [9.17, 15) is 16.8 Å². The molecule has 0 radical (unpaired) electrons. The Balaban J connectivity index is 2.34. The summed E-state index contributed by atoms with van der Waals surface area (Å²) in [6.07, 6.45) is 0. The molecule has 0 fully saturated rings. The summed E-state index contributed by atoms with van der Waals surface area (Å²) >= 11 is 0. The number of hydrazone groups is 1. The van der Waals surface area contributed by atoms with Gasteiger partial charge in [-0.3, -0.25) is 15.6 Å². The predicted molar refractivity (Wildman–Crippen MR) is 104 cm³/mol. The van der Waals surface area contributed by atoms with Gasteiger partial charge in [0.25, 0.3) is 10.0 Å². The van der Waals surface area contributed by atoms with E-state index in [1.165, 1.54) is 36.4 Å². The molecule has 0 atom stereocenters. The maximum Gasteiger partial charge on any atom is 0.264 e. The number of benzene rings is 2. The first-order chi connectivity index (χ1) is 13.0. The zero-order valence-corrected chi connectivity index (χ0v) is 15.8.